The molecule has 14 heteroatoms. The second-order valence-corrected chi connectivity index (χ2v) is 12.2. The second kappa shape index (κ2) is 19.1. The van der Waals surface area contributed by atoms with E-state index in [4.69, 9.17) is 37.9 Å². The van der Waals surface area contributed by atoms with Crippen LogP contribution in [0.2, 0.25) is 0 Å². The van der Waals surface area contributed by atoms with Gasteiger partial charge < -0.3 is 58.7 Å². The molecular weight excluding hydrogens is 700 g/mol. The molecule has 0 aromatic heterocycles. The summed E-state index contributed by atoms with van der Waals surface area (Å²) in [5.74, 6) is -0.621. The van der Waals surface area contributed by atoms with E-state index in [1.165, 1.54) is 56.9 Å². The minimum atomic E-state index is -1.01. The Morgan fingerprint density at radius 3 is 0.963 bits per heavy atom. The Morgan fingerprint density at radius 2 is 0.722 bits per heavy atom. The van der Waals surface area contributed by atoms with E-state index in [0.29, 0.717) is 45.3 Å². The number of ether oxygens (including phenoxy) is 8. The van der Waals surface area contributed by atoms with E-state index in [9.17, 15) is 19.8 Å². The molecule has 0 aliphatic carbocycles. The van der Waals surface area contributed by atoms with Crippen LogP contribution in [0.1, 0.15) is 22.3 Å². The summed E-state index contributed by atoms with van der Waals surface area (Å²) in [7, 11) is 11.7. The lowest BCUT2D eigenvalue weighted by Gasteiger charge is -2.27. The summed E-state index contributed by atoms with van der Waals surface area (Å²) in [5, 5.41) is 27.3. The Bertz CT molecular complexity index is 1680. The number of aromatic hydroxyl groups is 2. The van der Waals surface area contributed by atoms with Crippen molar-refractivity contribution in [1.82, 2.24) is 10.6 Å². The first-order chi connectivity index (χ1) is 26.0. The first kappa shape index (κ1) is 40.6. The number of nitrogens with one attached hydrogen (secondary N) is 2. The summed E-state index contributed by atoms with van der Waals surface area (Å²) in [4.78, 5) is 29.0. The van der Waals surface area contributed by atoms with E-state index in [1.807, 2.05) is 0 Å². The molecule has 4 rings (SSSR count). The summed E-state index contributed by atoms with van der Waals surface area (Å²) in [6.45, 7) is 0.174. The van der Waals surface area contributed by atoms with Gasteiger partial charge in [0.25, 0.3) is 0 Å². The monoisotopic (exact) mass is 748 g/mol. The van der Waals surface area contributed by atoms with Crippen LogP contribution in [0.4, 0.5) is 0 Å². The Morgan fingerprint density at radius 1 is 0.444 bits per heavy atom. The maximum absolute atomic E-state index is 14.5. The van der Waals surface area contributed by atoms with Gasteiger partial charge in [0.15, 0.2) is 23.0 Å². The van der Waals surface area contributed by atoms with Crippen molar-refractivity contribution in [2.45, 2.75) is 25.9 Å². The van der Waals surface area contributed by atoms with E-state index in [1.54, 1.807) is 60.7 Å². The predicted molar refractivity (Wildman–Crippen MR) is 200 cm³/mol. The zero-order chi connectivity index (χ0) is 39.4. The van der Waals surface area contributed by atoms with Crippen LogP contribution in [0, 0.1) is 11.8 Å². The van der Waals surface area contributed by atoms with Gasteiger partial charge in [0.05, 0.1) is 68.7 Å². The van der Waals surface area contributed by atoms with Crippen LogP contribution in [0.25, 0.3) is 0 Å². The molecule has 54 heavy (non-hydrogen) atoms. The molecule has 290 valence electrons. The highest BCUT2D eigenvalue weighted by Gasteiger charge is 2.35. The standard InChI is InChI=1S/C40H48N2O12/c1-47-27-9-25(10-28(19-27)48-2)21-41-39(45)31(13-23-15-33(51-5)37(43)34(16-23)52-6)32(14-24-17-35(53-7)38(44)36(18-24)54-8)40(46)42-22-26-11-29(49-3)20-30(12-26)50-4/h9-12,15-20,31-32,43-44H,13-14,21-22H2,1-8H3,(H,41,45)(H,42,46)/t31-,32+. The summed E-state index contributed by atoms with van der Waals surface area (Å²) in [6, 6.07) is 16.9. The molecule has 4 aromatic rings. The molecule has 2 amide bonds. The molecule has 0 radical (unpaired) electrons. The number of hydrogen-bond donors (Lipinski definition) is 4. The Hall–Kier alpha value is -6.18. The van der Waals surface area contributed by atoms with Gasteiger partial charge in [0, 0.05) is 25.2 Å². The topological polar surface area (TPSA) is 172 Å². The van der Waals surface area contributed by atoms with E-state index >= 15 is 0 Å². The number of rotatable bonds is 19. The highest BCUT2D eigenvalue weighted by molar-refractivity contribution is 5.88. The molecule has 4 N–H and O–H groups in total. The molecule has 0 heterocycles. The minimum Gasteiger partial charge on any atom is -0.502 e. The highest BCUT2D eigenvalue weighted by atomic mass is 16.5. The fraction of sp³-hybridized carbons (Fsp3) is 0.350. The fourth-order valence-corrected chi connectivity index (χ4v) is 6.05. The van der Waals surface area contributed by atoms with E-state index in [2.05, 4.69) is 10.6 Å². The van der Waals surface area contributed by atoms with Crippen LogP contribution in [-0.2, 0) is 35.5 Å². The van der Waals surface area contributed by atoms with Crippen molar-refractivity contribution in [1.29, 1.82) is 0 Å². The van der Waals surface area contributed by atoms with Crippen LogP contribution in [0.5, 0.6) is 57.5 Å². The Labute approximate surface area is 314 Å². The number of carbonyl (C=O) groups excluding carboxylic acids is 2. The number of hydrogen-bond acceptors (Lipinski definition) is 12. The van der Waals surface area contributed by atoms with Gasteiger partial charge in [0.2, 0.25) is 23.3 Å². The van der Waals surface area contributed by atoms with Crippen molar-refractivity contribution in [2.75, 3.05) is 56.9 Å². The summed E-state index contributed by atoms with van der Waals surface area (Å²) in [5.41, 5.74) is 2.52. The average Bonchev–Trinajstić information content (AvgIpc) is 3.20. The van der Waals surface area contributed by atoms with Crippen molar-refractivity contribution in [3.05, 3.63) is 82.9 Å². The summed E-state index contributed by atoms with van der Waals surface area (Å²) in [6.07, 6.45) is 0.0510. The largest absolute Gasteiger partial charge is 0.502 e. The smallest absolute Gasteiger partial charge is 0.224 e. The van der Waals surface area contributed by atoms with E-state index in [-0.39, 0.29) is 60.4 Å². The molecule has 14 nitrogen and oxygen atoms in total. The average molecular weight is 749 g/mol. The highest BCUT2D eigenvalue weighted by Crippen LogP contribution is 2.40. The maximum atomic E-state index is 14.5. The molecule has 0 aliphatic rings. The quantitative estimate of drug-likeness (QED) is 0.103. The van der Waals surface area contributed by atoms with Crippen molar-refractivity contribution in [3.8, 4) is 57.5 Å². The summed E-state index contributed by atoms with van der Waals surface area (Å²) < 4.78 is 43.3. The SMILES string of the molecule is COc1cc(CNC(=O)[C@@H](Cc2cc(OC)c(O)c(OC)c2)[C@@H](Cc2cc(OC)c(O)c(OC)c2)C(=O)NCc2cc(OC)cc(OC)c2)cc(OC)c1. The van der Waals surface area contributed by atoms with E-state index in [0.717, 1.165) is 0 Å². The second-order valence-electron chi connectivity index (χ2n) is 12.2. The normalized spacial score (nSPS) is 11.8. The molecule has 0 aliphatic heterocycles. The molecule has 0 saturated heterocycles. The number of carbonyl (C=O) groups is 2. The van der Waals surface area contributed by atoms with Gasteiger partial charge in [-0.2, -0.15) is 0 Å². The van der Waals surface area contributed by atoms with Gasteiger partial charge in [-0.1, -0.05) is 0 Å². The zero-order valence-corrected chi connectivity index (χ0v) is 31.7. The summed E-state index contributed by atoms with van der Waals surface area (Å²) >= 11 is 0. The molecule has 0 saturated carbocycles. The number of methoxy groups -OCH3 is 8. The van der Waals surface area contributed by atoms with Gasteiger partial charge in [-0.05, 0) is 83.6 Å². The van der Waals surface area contributed by atoms with Crippen LogP contribution >= 0.6 is 0 Å². The first-order valence-corrected chi connectivity index (χ1v) is 16.9. The van der Waals surface area contributed by atoms with Crippen molar-refractivity contribution >= 4 is 11.8 Å². The lowest BCUT2D eigenvalue weighted by atomic mass is 9.81. The molecule has 2 atom stereocenters. The number of amides is 2. The predicted octanol–water partition coefficient (Wildman–Crippen LogP) is 4.82. The molecule has 0 fully saturated rings. The fourth-order valence-electron chi connectivity index (χ4n) is 6.05. The Balaban J connectivity index is 1.81. The third-order valence-electron chi connectivity index (χ3n) is 8.91. The minimum absolute atomic E-state index is 0.0255. The van der Waals surface area contributed by atoms with Crippen molar-refractivity contribution in [2.24, 2.45) is 11.8 Å². The molecule has 0 bridgehead atoms. The molecule has 0 spiro atoms. The van der Waals surface area contributed by atoms with E-state index < -0.39 is 23.7 Å². The maximum Gasteiger partial charge on any atom is 0.224 e. The lowest BCUT2D eigenvalue weighted by molar-refractivity contribution is -0.135. The lowest BCUT2D eigenvalue weighted by Crippen LogP contribution is -2.44. The van der Waals surface area contributed by atoms with Crippen LogP contribution in [0.15, 0.2) is 60.7 Å². The van der Waals surface area contributed by atoms with Gasteiger partial charge in [-0.15, -0.1) is 0 Å². The molecular formula is C40H48N2O12. The van der Waals surface area contributed by atoms with Gasteiger partial charge in [0.1, 0.15) is 23.0 Å². The van der Waals surface area contributed by atoms with Crippen molar-refractivity contribution in [3.63, 3.8) is 0 Å². The number of phenols is 2. The van der Waals surface area contributed by atoms with Gasteiger partial charge in [-0.3, -0.25) is 9.59 Å². The van der Waals surface area contributed by atoms with Crippen LogP contribution in [0.3, 0.4) is 0 Å². The van der Waals surface area contributed by atoms with Crippen LogP contribution in [-0.4, -0.2) is 78.9 Å². The van der Waals surface area contributed by atoms with Crippen LogP contribution < -0.4 is 48.5 Å². The third-order valence-corrected chi connectivity index (χ3v) is 8.91. The van der Waals surface area contributed by atoms with Crippen molar-refractivity contribution < 1.29 is 57.7 Å². The van der Waals surface area contributed by atoms with Gasteiger partial charge >= 0.3 is 0 Å². The Kier molecular flexibility index (Phi) is 14.3. The number of phenolic OH excluding ortho intramolecular Hbond substituents is 2. The van der Waals surface area contributed by atoms with Gasteiger partial charge in [-0.25, -0.2) is 0 Å². The third kappa shape index (κ3) is 10.0. The molecule has 0 unspecified atom stereocenters. The zero-order valence-electron chi connectivity index (χ0n) is 31.7. The molecule has 4 aromatic carbocycles. The first-order valence-electron chi connectivity index (χ1n) is 16.9. The number of benzene rings is 4.